The fourth-order valence-corrected chi connectivity index (χ4v) is 4.94. The normalized spacial score (nSPS) is 17.8. The molecule has 2 atom stereocenters. The van der Waals surface area contributed by atoms with E-state index in [4.69, 9.17) is 17.0 Å². The van der Waals surface area contributed by atoms with E-state index in [1.165, 1.54) is 24.1 Å². The SMILES string of the molecule is CCn1c(C)cc([C@@H]2[C@H](c3ccccn3)NC(=S)N2c2ccc(NC(=O)COC)cc2)c1C. The van der Waals surface area contributed by atoms with Crippen molar-refractivity contribution in [3.63, 3.8) is 0 Å². The standard InChI is InChI=1S/C25H29N5O2S/c1-5-29-16(2)14-20(17(29)3)24-23(21-8-6-7-13-26-21)28-25(33)30(24)19-11-9-18(10-12-19)27-22(31)15-32-4/h6-14,23-24H,5,15H2,1-4H3,(H,27,31)(H,28,33)/t23-,24+/m0/s1. The van der Waals surface area contributed by atoms with Crippen molar-refractivity contribution in [2.45, 2.75) is 39.4 Å². The number of benzene rings is 1. The summed E-state index contributed by atoms with van der Waals surface area (Å²) in [5.41, 5.74) is 6.26. The molecule has 0 aliphatic carbocycles. The van der Waals surface area contributed by atoms with E-state index in [1.807, 2.05) is 48.7 Å². The van der Waals surface area contributed by atoms with Crippen LogP contribution in [0.25, 0.3) is 0 Å². The second-order valence-electron chi connectivity index (χ2n) is 8.10. The van der Waals surface area contributed by atoms with Crippen LogP contribution in [0.5, 0.6) is 0 Å². The van der Waals surface area contributed by atoms with Gasteiger partial charge in [-0.3, -0.25) is 9.78 Å². The quantitative estimate of drug-likeness (QED) is 0.510. The summed E-state index contributed by atoms with van der Waals surface area (Å²) in [4.78, 5) is 18.6. The number of anilines is 2. The first kappa shape index (κ1) is 22.9. The number of aryl methyl sites for hydroxylation is 1. The lowest BCUT2D eigenvalue weighted by atomic mass is 9.96. The summed E-state index contributed by atoms with van der Waals surface area (Å²) in [5, 5.41) is 6.98. The Morgan fingerprint density at radius 3 is 2.58 bits per heavy atom. The van der Waals surface area contributed by atoms with Gasteiger partial charge in [-0.2, -0.15) is 0 Å². The summed E-state index contributed by atoms with van der Waals surface area (Å²) in [6, 6.07) is 15.8. The maximum atomic E-state index is 11.9. The van der Waals surface area contributed by atoms with Crippen LogP contribution in [0.4, 0.5) is 11.4 Å². The molecule has 1 fully saturated rings. The van der Waals surface area contributed by atoms with Crippen molar-refractivity contribution < 1.29 is 9.53 Å². The highest BCUT2D eigenvalue weighted by Gasteiger charge is 2.42. The summed E-state index contributed by atoms with van der Waals surface area (Å²) in [6.07, 6.45) is 1.81. The summed E-state index contributed by atoms with van der Waals surface area (Å²) >= 11 is 5.82. The first-order chi connectivity index (χ1) is 15.9. The number of ether oxygens (including phenoxy) is 1. The van der Waals surface area contributed by atoms with Crippen LogP contribution < -0.4 is 15.5 Å². The predicted molar refractivity (Wildman–Crippen MR) is 134 cm³/mol. The zero-order chi connectivity index (χ0) is 23.5. The van der Waals surface area contributed by atoms with Crippen molar-refractivity contribution in [2.24, 2.45) is 0 Å². The lowest BCUT2D eigenvalue weighted by Gasteiger charge is -2.28. The fourth-order valence-electron chi connectivity index (χ4n) is 4.60. The number of aromatic nitrogens is 2. The van der Waals surface area contributed by atoms with E-state index in [0.717, 1.165) is 17.9 Å². The molecule has 0 unspecified atom stereocenters. The lowest BCUT2D eigenvalue weighted by Crippen LogP contribution is -2.29. The first-order valence-corrected chi connectivity index (χ1v) is 11.4. The summed E-state index contributed by atoms with van der Waals surface area (Å²) in [7, 11) is 1.50. The largest absolute Gasteiger partial charge is 0.375 e. The Balaban J connectivity index is 1.74. The molecule has 7 nitrogen and oxygen atoms in total. The average Bonchev–Trinajstić information content (AvgIpc) is 3.30. The molecule has 0 bridgehead atoms. The van der Waals surface area contributed by atoms with Gasteiger partial charge in [0.25, 0.3) is 0 Å². The van der Waals surface area contributed by atoms with Crippen LogP contribution in [0.2, 0.25) is 0 Å². The topological polar surface area (TPSA) is 71.4 Å². The summed E-state index contributed by atoms with van der Waals surface area (Å²) in [5.74, 6) is -0.191. The Bertz CT molecular complexity index is 1140. The lowest BCUT2D eigenvalue weighted by molar-refractivity contribution is -0.119. The number of rotatable bonds is 7. The van der Waals surface area contributed by atoms with Gasteiger partial charge in [0.15, 0.2) is 5.11 Å². The number of thiocarbonyl (C=S) groups is 1. The Kier molecular flexibility index (Phi) is 6.76. The van der Waals surface area contributed by atoms with Crippen LogP contribution in [-0.4, -0.2) is 34.3 Å². The zero-order valence-electron chi connectivity index (χ0n) is 19.3. The zero-order valence-corrected chi connectivity index (χ0v) is 20.1. The molecule has 0 saturated carbocycles. The molecule has 33 heavy (non-hydrogen) atoms. The number of nitrogens with one attached hydrogen (secondary N) is 2. The van der Waals surface area contributed by atoms with Gasteiger partial charge in [0.1, 0.15) is 6.61 Å². The minimum atomic E-state index is -0.191. The minimum Gasteiger partial charge on any atom is -0.375 e. The van der Waals surface area contributed by atoms with Crippen LogP contribution in [0.3, 0.4) is 0 Å². The van der Waals surface area contributed by atoms with E-state index in [0.29, 0.717) is 10.8 Å². The highest BCUT2D eigenvalue weighted by atomic mass is 32.1. The van der Waals surface area contributed by atoms with Crippen molar-refractivity contribution in [2.75, 3.05) is 23.9 Å². The molecule has 0 spiro atoms. The van der Waals surface area contributed by atoms with Gasteiger partial charge in [0, 0.05) is 42.6 Å². The molecule has 172 valence electrons. The molecule has 4 rings (SSSR count). The van der Waals surface area contributed by atoms with Gasteiger partial charge in [0.05, 0.1) is 17.8 Å². The molecule has 0 radical (unpaired) electrons. The number of hydrogen-bond acceptors (Lipinski definition) is 4. The second-order valence-corrected chi connectivity index (χ2v) is 8.48. The Hall–Kier alpha value is -3.23. The predicted octanol–water partition coefficient (Wildman–Crippen LogP) is 4.28. The number of carbonyl (C=O) groups excluding carboxylic acids is 1. The van der Waals surface area contributed by atoms with Gasteiger partial charge in [0.2, 0.25) is 5.91 Å². The van der Waals surface area contributed by atoms with E-state index in [1.54, 1.807) is 0 Å². The monoisotopic (exact) mass is 463 g/mol. The number of methoxy groups -OCH3 is 1. The van der Waals surface area contributed by atoms with Crippen molar-refractivity contribution in [1.82, 2.24) is 14.9 Å². The summed E-state index contributed by atoms with van der Waals surface area (Å²) in [6.45, 7) is 7.38. The molecule has 3 aromatic rings. The molecular formula is C25H29N5O2S. The van der Waals surface area contributed by atoms with Crippen molar-refractivity contribution in [3.8, 4) is 0 Å². The molecule has 1 amide bonds. The van der Waals surface area contributed by atoms with Crippen molar-refractivity contribution in [1.29, 1.82) is 0 Å². The van der Waals surface area contributed by atoms with E-state index in [2.05, 4.69) is 51.9 Å². The molecule has 2 aromatic heterocycles. The molecule has 8 heteroatoms. The fraction of sp³-hybridized carbons (Fsp3) is 0.320. The van der Waals surface area contributed by atoms with Crippen LogP contribution in [0, 0.1) is 13.8 Å². The Labute approximate surface area is 199 Å². The first-order valence-electron chi connectivity index (χ1n) is 11.0. The molecule has 2 N–H and O–H groups in total. The maximum absolute atomic E-state index is 11.9. The van der Waals surface area contributed by atoms with Crippen LogP contribution >= 0.6 is 12.2 Å². The number of nitrogens with zero attached hydrogens (tertiary/aromatic N) is 3. The second kappa shape index (κ2) is 9.72. The van der Waals surface area contributed by atoms with E-state index in [-0.39, 0.29) is 24.6 Å². The van der Waals surface area contributed by atoms with Crippen LogP contribution in [0.1, 0.15) is 41.7 Å². The number of pyridine rings is 1. The van der Waals surface area contributed by atoms with Gasteiger partial charge >= 0.3 is 0 Å². The third-order valence-electron chi connectivity index (χ3n) is 6.05. The molecular weight excluding hydrogens is 434 g/mol. The third-order valence-corrected chi connectivity index (χ3v) is 6.36. The highest BCUT2D eigenvalue weighted by Crippen LogP contribution is 2.43. The third kappa shape index (κ3) is 4.49. The van der Waals surface area contributed by atoms with Crippen LogP contribution in [-0.2, 0) is 16.1 Å². The van der Waals surface area contributed by atoms with Crippen molar-refractivity contribution in [3.05, 3.63) is 77.4 Å². The van der Waals surface area contributed by atoms with Crippen LogP contribution in [0.15, 0.2) is 54.7 Å². The number of amides is 1. The van der Waals surface area contributed by atoms with Gasteiger partial charge < -0.3 is 24.8 Å². The minimum absolute atomic E-state index is 0.0166. The molecule has 1 aromatic carbocycles. The summed E-state index contributed by atoms with van der Waals surface area (Å²) < 4.78 is 7.21. The Morgan fingerprint density at radius 2 is 1.97 bits per heavy atom. The molecule has 3 heterocycles. The van der Waals surface area contributed by atoms with E-state index in [9.17, 15) is 4.79 Å². The Morgan fingerprint density at radius 1 is 1.21 bits per heavy atom. The molecule has 1 saturated heterocycles. The van der Waals surface area contributed by atoms with E-state index >= 15 is 0 Å². The van der Waals surface area contributed by atoms with Gasteiger partial charge in [-0.05, 0) is 81.0 Å². The van der Waals surface area contributed by atoms with Crippen molar-refractivity contribution >= 4 is 34.6 Å². The highest BCUT2D eigenvalue weighted by molar-refractivity contribution is 7.80. The van der Waals surface area contributed by atoms with E-state index < -0.39 is 0 Å². The maximum Gasteiger partial charge on any atom is 0.250 e. The average molecular weight is 464 g/mol. The van der Waals surface area contributed by atoms with Gasteiger partial charge in [-0.1, -0.05) is 6.07 Å². The number of carbonyl (C=O) groups is 1. The molecule has 1 aliphatic heterocycles. The van der Waals surface area contributed by atoms with Gasteiger partial charge in [-0.25, -0.2) is 0 Å². The smallest absolute Gasteiger partial charge is 0.250 e. The molecule has 1 aliphatic rings. The number of hydrogen-bond donors (Lipinski definition) is 2. The van der Waals surface area contributed by atoms with Gasteiger partial charge in [-0.15, -0.1) is 0 Å².